The maximum Gasteiger partial charge on any atom is 0.337 e. The van der Waals surface area contributed by atoms with Crippen molar-refractivity contribution in [2.24, 2.45) is 5.92 Å². The van der Waals surface area contributed by atoms with Gasteiger partial charge >= 0.3 is 5.97 Å². The van der Waals surface area contributed by atoms with Gasteiger partial charge < -0.3 is 9.67 Å². The average Bonchev–Trinajstić information content (AvgIpc) is 2.54. The molecule has 0 unspecified atom stereocenters. The van der Waals surface area contributed by atoms with E-state index in [1.165, 1.54) is 6.20 Å². The number of aryl methyl sites for hydroxylation is 1. The van der Waals surface area contributed by atoms with Crippen molar-refractivity contribution in [2.45, 2.75) is 27.3 Å². The number of imidazole rings is 1. The summed E-state index contributed by atoms with van der Waals surface area (Å²) in [6, 6.07) is 1.56. The standard InChI is InChI=1S/C12H15N3O2/c1-7(2)6-15-8(3)14-10-4-9(12(16)17)5-13-11(10)15/h4-5,7H,6H2,1-3H3,(H,16,17). The molecule has 0 atom stereocenters. The lowest BCUT2D eigenvalue weighted by molar-refractivity contribution is 0.0696. The molecule has 2 rings (SSSR count). The first-order chi connectivity index (χ1) is 7.99. The fourth-order valence-electron chi connectivity index (χ4n) is 1.82. The number of aromatic carboxylic acids is 1. The quantitative estimate of drug-likeness (QED) is 0.881. The number of hydrogen-bond acceptors (Lipinski definition) is 3. The molecule has 0 fully saturated rings. The van der Waals surface area contributed by atoms with Crippen molar-refractivity contribution in [1.82, 2.24) is 14.5 Å². The van der Waals surface area contributed by atoms with E-state index in [4.69, 9.17) is 5.11 Å². The van der Waals surface area contributed by atoms with Crippen molar-refractivity contribution >= 4 is 17.1 Å². The normalized spacial score (nSPS) is 11.3. The molecule has 5 heteroatoms. The lowest BCUT2D eigenvalue weighted by Gasteiger charge is -2.08. The first kappa shape index (κ1) is 11.6. The number of nitrogens with zero attached hydrogens (tertiary/aromatic N) is 3. The summed E-state index contributed by atoms with van der Waals surface area (Å²) in [5, 5.41) is 8.89. The molecular formula is C12H15N3O2. The Kier molecular flexibility index (Phi) is 2.83. The van der Waals surface area contributed by atoms with Gasteiger partial charge in [0.2, 0.25) is 0 Å². The Morgan fingerprint density at radius 1 is 1.53 bits per heavy atom. The summed E-state index contributed by atoms with van der Waals surface area (Å²) in [5.74, 6) is 0.381. The maximum absolute atomic E-state index is 10.8. The first-order valence-electron chi connectivity index (χ1n) is 5.55. The number of aromatic nitrogens is 3. The predicted octanol–water partition coefficient (Wildman–Crippen LogP) is 2.09. The van der Waals surface area contributed by atoms with Gasteiger partial charge in [-0.3, -0.25) is 0 Å². The highest BCUT2D eigenvalue weighted by Gasteiger charge is 2.12. The fourth-order valence-corrected chi connectivity index (χ4v) is 1.82. The second-order valence-electron chi connectivity index (χ2n) is 4.54. The van der Waals surface area contributed by atoms with Crippen molar-refractivity contribution in [1.29, 1.82) is 0 Å². The minimum Gasteiger partial charge on any atom is -0.478 e. The Morgan fingerprint density at radius 3 is 2.82 bits per heavy atom. The van der Waals surface area contributed by atoms with Gasteiger partial charge in [-0.15, -0.1) is 0 Å². The minimum atomic E-state index is -0.976. The van der Waals surface area contributed by atoms with Gasteiger partial charge in [-0.2, -0.15) is 0 Å². The molecule has 0 aliphatic rings. The van der Waals surface area contributed by atoms with Gasteiger partial charge in [0, 0.05) is 12.7 Å². The van der Waals surface area contributed by atoms with E-state index >= 15 is 0 Å². The van der Waals surface area contributed by atoms with E-state index in [9.17, 15) is 4.79 Å². The number of fused-ring (bicyclic) bond motifs is 1. The first-order valence-corrected chi connectivity index (χ1v) is 5.55. The maximum atomic E-state index is 10.8. The third kappa shape index (κ3) is 2.13. The highest BCUT2D eigenvalue weighted by atomic mass is 16.4. The second-order valence-corrected chi connectivity index (χ2v) is 4.54. The molecule has 0 aromatic carbocycles. The van der Waals surface area contributed by atoms with Crippen LogP contribution < -0.4 is 0 Å². The largest absolute Gasteiger partial charge is 0.478 e. The second kappa shape index (κ2) is 4.16. The molecule has 0 radical (unpaired) electrons. The van der Waals surface area contributed by atoms with E-state index in [0.29, 0.717) is 11.4 Å². The topological polar surface area (TPSA) is 68.0 Å². The summed E-state index contributed by atoms with van der Waals surface area (Å²) in [6.45, 7) is 6.99. The summed E-state index contributed by atoms with van der Waals surface area (Å²) < 4.78 is 2.02. The van der Waals surface area contributed by atoms with Crippen LogP contribution in [0.5, 0.6) is 0 Å². The van der Waals surface area contributed by atoms with Crippen molar-refractivity contribution < 1.29 is 9.90 Å². The van der Waals surface area contributed by atoms with Gasteiger partial charge in [-0.05, 0) is 18.9 Å². The monoisotopic (exact) mass is 233 g/mol. The Bertz CT molecular complexity index is 572. The van der Waals surface area contributed by atoms with Crippen LogP contribution in [0.4, 0.5) is 0 Å². The van der Waals surface area contributed by atoms with Crippen LogP contribution in [-0.4, -0.2) is 25.6 Å². The van der Waals surface area contributed by atoms with Crippen molar-refractivity contribution in [3.63, 3.8) is 0 Å². The molecule has 0 saturated heterocycles. The smallest absolute Gasteiger partial charge is 0.337 e. The Morgan fingerprint density at radius 2 is 2.24 bits per heavy atom. The highest BCUT2D eigenvalue weighted by Crippen LogP contribution is 2.16. The van der Waals surface area contributed by atoms with Gasteiger partial charge in [-0.25, -0.2) is 14.8 Å². The van der Waals surface area contributed by atoms with E-state index in [-0.39, 0.29) is 5.56 Å². The Hall–Kier alpha value is -1.91. The summed E-state index contributed by atoms with van der Waals surface area (Å²) in [6.07, 6.45) is 1.38. The molecule has 1 N–H and O–H groups in total. The molecule has 2 aromatic rings. The number of hydrogen-bond donors (Lipinski definition) is 1. The number of rotatable bonds is 3. The average molecular weight is 233 g/mol. The molecule has 2 heterocycles. The molecule has 2 aromatic heterocycles. The molecule has 90 valence electrons. The van der Waals surface area contributed by atoms with E-state index in [2.05, 4.69) is 23.8 Å². The van der Waals surface area contributed by atoms with Crippen LogP contribution in [0, 0.1) is 12.8 Å². The number of carboxylic acid groups (broad SMARTS) is 1. The predicted molar refractivity (Wildman–Crippen MR) is 64.1 cm³/mol. The number of carboxylic acids is 1. The summed E-state index contributed by atoms with van der Waals surface area (Å²) in [5.41, 5.74) is 1.57. The third-order valence-electron chi connectivity index (χ3n) is 2.57. The van der Waals surface area contributed by atoms with E-state index in [0.717, 1.165) is 18.0 Å². The van der Waals surface area contributed by atoms with Crippen molar-refractivity contribution in [3.8, 4) is 0 Å². The molecule has 17 heavy (non-hydrogen) atoms. The van der Waals surface area contributed by atoms with Crippen LogP contribution in [0.25, 0.3) is 11.2 Å². The lowest BCUT2D eigenvalue weighted by Crippen LogP contribution is -2.07. The van der Waals surface area contributed by atoms with Gasteiger partial charge in [0.15, 0.2) is 5.65 Å². The third-order valence-corrected chi connectivity index (χ3v) is 2.57. The molecule has 0 saturated carbocycles. The SMILES string of the molecule is Cc1nc2cc(C(=O)O)cnc2n1CC(C)C. The number of carbonyl (C=O) groups is 1. The van der Waals surface area contributed by atoms with Crippen molar-refractivity contribution in [3.05, 3.63) is 23.7 Å². The Labute approximate surface area is 99.1 Å². The lowest BCUT2D eigenvalue weighted by atomic mass is 10.2. The van der Waals surface area contributed by atoms with Gasteiger partial charge in [0.1, 0.15) is 11.3 Å². The zero-order valence-corrected chi connectivity index (χ0v) is 10.1. The van der Waals surface area contributed by atoms with Crippen molar-refractivity contribution in [2.75, 3.05) is 0 Å². The molecule has 5 nitrogen and oxygen atoms in total. The van der Waals surface area contributed by atoms with Crippen LogP contribution in [0.2, 0.25) is 0 Å². The molecule has 0 spiro atoms. The van der Waals surface area contributed by atoms with E-state index in [1.54, 1.807) is 6.07 Å². The number of pyridine rings is 1. The van der Waals surface area contributed by atoms with Crippen LogP contribution in [0.15, 0.2) is 12.3 Å². The zero-order chi connectivity index (χ0) is 12.6. The fraction of sp³-hybridized carbons (Fsp3) is 0.417. The Balaban J connectivity index is 2.56. The van der Waals surface area contributed by atoms with Crippen LogP contribution >= 0.6 is 0 Å². The van der Waals surface area contributed by atoms with E-state index in [1.807, 2.05) is 11.5 Å². The molecule has 0 amide bonds. The van der Waals surface area contributed by atoms with Gasteiger partial charge in [0.05, 0.1) is 5.56 Å². The van der Waals surface area contributed by atoms with Gasteiger partial charge in [0.25, 0.3) is 0 Å². The summed E-state index contributed by atoms with van der Waals surface area (Å²) in [4.78, 5) is 19.4. The molecule has 0 aliphatic heterocycles. The van der Waals surface area contributed by atoms with Crippen LogP contribution in [-0.2, 0) is 6.54 Å². The van der Waals surface area contributed by atoms with E-state index < -0.39 is 5.97 Å². The molecular weight excluding hydrogens is 218 g/mol. The van der Waals surface area contributed by atoms with Gasteiger partial charge in [-0.1, -0.05) is 13.8 Å². The molecule has 0 aliphatic carbocycles. The van der Waals surface area contributed by atoms with Crippen LogP contribution in [0.1, 0.15) is 30.0 Å². The molecule has 0 bridgehead atoms. The van der Waals surface area contributed by atoms with Crippen LogP contribution in [0.3, 0.4) is 0 Å². The highest BCUT2D eigenvalue weighted by molar-refractivity contribution is 5.90. The summed E-state index contributed by atoms with van der Waals surface area (Å²) >= 11 is 0. The minimum absolute atomic E-state index is 0.173. The zero-order valence-electron chi connectivity index (χ0n) is 10.1. The summed E-state index contributed by atoms with van der Waals surface area (Å²) in [7, 11) is 0.